The molecular formula is C9H8FN3. The molecule has 0 bridgehead atoms. The molecule has 0 radical (unpaired) electrons. The summed E-state index contributed by atoms with van der Waals surface area (Å²) in [5.74, 6) is -0.346. The quantitative estimate of drug-likeness (QED) is 0.662. The van der Waals surface area contributed by atoms with E-state index in [1.165, 1.54) is 6.20 Å². The highest BCUT2D eigenvalue weighted by atomic mass is 19.1. The summed E-state index contributed by atoms with van der Waals surface area (Å²) in [7, 11) is 1.79. The van der Waals surface area contributed by atoms with Crippen LogP contribution < -0.4 is 0 Å². The van der Waals surface area contributed by atoms with Gasteiger partial charge < -0.3 is 0 Å². The van der Waals surface area contributed by atoms with Gasteiger partial charge in [0.1, 0.15) is 0 Å². The fourth-order valence-corrected chi connectivity index (χ4v) is 1.14. The lowest BCUT2D eigenvalue weighted by Gasteiger charge is -1.96. The molecule has 2 heterocycles. The van der Waals surface area contributed by atoms with Crippen molar-refractivity contribution < 1.29 is 4.39 Å². The fourth-order valence-electron chi connectivity index (χ4n) is 1.14. The molecule has 0 atom stereocenters. The van der Waals surface area contributed by atoms with E-state index in [-0.39, 0.29) is 5.82 Å². The van der Waals surface area contributed by atoms with E-state index in [1.54, 1.807) is 36.3 Å². The van der Waals surface area contributed by atoms with Gasteiger partial charge in [-0.1, -0.05) is 0 Å². The van der Waals surface area contributed by atoms with Crippen LogP contribution in [0.4, 0.5) is 4.39 Å². The van der Waals surface area contributed by atoms with Gasteiger partial charge in [-0.05, 0) is 12.1 Å². The Kier molecular flexibility index (Phi) is 1.81. The minimum atomic E-state index is -0.346. The normalized spacial score (nSPS) is 10.3. The first-order valence-electron chi connectivity index (χ1n) is 3.87. The second kappa shape index (κ2) is 2.97. The number of hydrogen-bond donors (Lipinski definition) is 0. The van der Waals surface area contributed by atoms with Crippen molar-refractivity contribution in [3.63, 3.8) is 0 Å². The van der Waals surface area contributed by atoms with E-state index in [1.807, 2.05) is 0 Å². The summed E-state index contributed by atoms with van der Waals surface area (Å²) in [6.07, 6.45) is 4.51. The molecule has 0 fully saturated rings. The lowest BCUT2D eigenvalue weighted by atomic mass is 10.2. The molecule has 0 amide bonds. The Hall–Kier alpha value is -1.71. The number of aryl methyl sites for hydroxylation is 1. The van der Waals surface area contributed by atoms with Gasteiger partial charge >= 0.3 is 0 Å². The average Bonchev–Trinajstić information content (AvgIpc) is 2.53. The second-order valence-corrected chi connectivity index (χ2v) is 2.73. The predicted octanol–water partition coefficient (Wildman–Crippen LogP) is 1.62. The van der Waals surface area contributed by atoms with Crippen molar-refractivity contribution in [2.45, 2.75) is 0 Å². The van der Waals surface area contributed by atoms with E-state index in [0.29, 0.717) is 11.3 Å². The van der Waals surface area contributed by atoms with Crippen LogP contribution in [0.25, 0.3) is 11.3 Å². The first kappa shape index (κ1) is 7.91. The Morgan fingerprint density at radius 3 is 2.85 bits per heavy atom. The molecule has 2 aromatic heterocycles. The van der Waals surface area contributed by atoms with Crippen molar-refractivity contribution in [3.05, 3.63) is 36.5 Å². The van der Waals surface area contributed by atoms with Gasteiger partial charge in [0.05, 0.1) is 11.9 Å². The third kappa shape index (κ3) is 1.42. The van der Waals surface area contributed by atoms with Gasteiger partial charge in [0.15, 0.2) is 5.82 Å². The highest BCUT2D eigenvalue weighted by Gasteiger charge is 2.06. The molecule has 0 N–H and O–H groups in total. The summed E-state index contributed by atoms with van der Waals surface area (Å²) in [5.41, 5.74) is 1.11. The van der Waals surface area contributed by atoms with Gasteiger partial charge in [-0.2, -0.15) is 5.10 Å². The molecule has 0 aromatic carbocycles. The van der Waals surface area contributed by atoms with Crippen LogP contribution >= 0.6 is 0 Å². The highest BCUT2D eigenvalue weighted by molar-refractivity contribution is 5.58. The van der Waals surface area contributed by atoms with Gasteiger partial charge in [-0.15, -0.1) is 0 Å². The molecule has 0 saturated carbocycles. The third-order valence-corrected chi connectivity index (χ3v) is 1.76. The van der Waals surface area contributed by atoms with Crippen LogP contribution in [0, 0.1) is 5.82 Å². The Balaban J connectivity index is 2.52. The van der Waals surface area contributed by atoms with E-state index < -0.39 is 0 Å². The van der Waals surface area contributed by atoms with Crippen molar-refractivity contribution in [1.29, 1.82) is 0 Å². The van der Waals surface area contributed by atoms with Crippen molar-refractivity contribution in [3.8, 4) is 11.3 Å². The van der Waals surface area contributed by atoms with Crippen molar-refractivity contribution in [2.75, 3.05) is 0 Å². The summed E-state index contributed by atoms with van der Waals surface area (Å²) >= 11 is 0. The van der Waals surface area contributed by atoms with Gasteiger partial charge in [-0.25, -0.2) is 4.39 Å². The Bertz CT molecular complexity index is 422. The number of aromatic nitrogens is 3. The Morgan fingerprint density at radius 1 is 1.38 bits per heavy atom. The Morgan fingerprint density at radius 2 is 2.23 bits per heavy atom. The molecule has 0 saturated heterocycles. The first-order valence-corrected chi connectivity index (χ1v) is 3.87. The average molecular weight is 177 g/mol. The largest absolute Gasteiger partial charge is 0.275 e. The van der Waals surface area contributed by atoms with Crippen LogP contribution in [0.3, 0.4) is 0 Å². The van der Waals surface area contributed by atoms with E-state index in [2.05, 4.69) is 10.1 Å². The van der Waals surface area contributed by atoms with Crippen molar-refractivity contribution in [1.82, 2.24) is 14.8 Å². The van der Waals surface area contributed by atoms with Gasteiger partial charge in [0.25, 0.3) is 0 Å². The first-order chi connectivity index (χ1) is 6.27. The topological polar surface area (TPSA) is 30.7 Å². The minimum Gasteiger partial charge on any atom is -0.275 e. The van der Waals surface area contributed by atoms with Crippen LogP contribution in [0.15, 0.2) is 30.7 Å². The highest BCUT2D eigenvalue weighted by Crippen LogP contribution is 2.18. The van der Waals surface area contributed by atoms with E-state index in [9.17, 15) is 4.39 Å². The maximum absolute atomic E-state index is 13.2. The summed E-state index contributed by atoms with van der Waals surface area (Å²) in [4.78, 5) is 3.67. The van der Waals surface area contributed by atoms with Crippen molar-refractivity contribution >= 4 is 0 Å². The van der Waals surface area contributed by atoms with Crippen LogP contribution in [0.1, 0.15) is 0 Å². The lowest BCUT2D eigenvalue weighted by Crippen LogP contribution is -1.90. The van der Waals surface area contributed by atoms with Gasteiger partial charge in [0, 0.05) is 25.0 Å². The standard InChI is InChI=1S/C9H8FN3/c1-13-5-3-9(12-13)7-2-4-11-6-8(7)10/h2-6H,1H3. The van der Waals surface area contributed by atoms with Crippen LogP contribution in [-0.4, -0.2) is 14.8 Å². The molecule has 0 aliphatic heterocycles. The number of nitrogens with zero attached hydrogens (tertiary/aromatic N) is 3. The predicted molar refractivity (Wildman–Crippen MR) is 46.4 cm³/mol. The van der Waals surface area contributed by atoms with E-state index >= 15 is 0 Å². The van der Waals surface area contributed by atoms with Crippen LogP contribution in [-0.2, 0) is 7.05 Å². The lowest BCUT2D eigenvalue weighted by molar-refractivity contribution is 0.623. The molecular weight excluding hydrogens is 169 g/mol. The monoisotopic (exact) mass is 177 g/mol. The number of hydrogen-bond acceptors (Lipinski definition) is 2. The number of rotatable bonds is 1. The summed E-state index contributed by atoms with van der Waals surface area (Å²) in [6.45, 7) is 0. The second-order valence-electron chi connectivity index (χ2n) is 2.73. The summed E-state index contributed by atoms with van der Waals surface area (Å²) in [6, 6.07) is 3.37. The Labute approximate surface area is 74.8 Å². The molecule has 13 heavy (non-hydrogen) atoms. The fraction of sp³-hybridized carbons (Fsp3) is 0.111. The smallest absolute Gasteiger partial charge is 0.150 e. The zero-order valence-corrected chi connectivity index (χ0v) is 7.11. The maximum atomic E-state index is 13.2. The van der Waals surface area contributed by atoms with Crippen LogP contribution in [0.2, 0.25) is 0 Å². The zero-order chi connectivity index (χ0) is 9.26. The van der Waals surface area contributed by atoms with Crippen molar-refractivity contribution in [2.24, 2.45) is 7.05 Å². The van der Waals surface area contributed by atoms with Crippen LogP contribution in [0.5, 0.6) is 0 Å². The molecule has 2 rings (SSSR count). The molecule has 0 aliphatic carbocycles. The SMILES string of the molecule is Cn1ccc(-c2ccncc2F)n1. The van der Waals surface area contributed by atoms with Gasteiger partial charge in [0.2, 0.25) is 0 Å². The molecule has 0 aliphatic rings. The number of pyridine rings is 1. The summed E-state index contributed by atoms with van der Waals surface area (Å²) in [5, 5.41) is 4.09. The zero-order valence-electron chi connectivity index (χ0n) is 7.11. The summed E-state index contributed by atoms with van der Waals surface area (Å²) < 4.78 is 14.8. The van der Waals surface area contributed by atoms with E-state index in [0.717, 1.165) is 0 Å². The minimum absolute atomic E-state index is 0.346. The molecule has 2 aromatic rings. The molecule has 3 nitrogen and oxygen atoms in total. The van der Waals surface area contributed by atoms with E-state index in [4.69, 9.17) is 0 Å². The number of halogens is 1. The molecule has 66 valence electrons. The molecule has 4 heteroatoms. The molecule has 0 spiro atoms. The molecule has 0 unspecified atom stereocenters. The maximum Gasteiger partial charge on any atom is 0.150 e. The third-order valence-electron chi connectivity index (χ3n) is 1.76. The van der Waals surface area contributed by atoms with Gasteiger partial charge in [-0.3, -0.25) is 9.67 Å².